The lowest BCUT2D eigenvalue weighted by atomic mass is 10.1. The fraction of sp³-hybridized carbons (Fsp3) is 0.353. The van der Waals surface area contributed by atoms with E-state index < -0.39 is 0 Å². The summed E-state index contributed by atoms with van der Waals surface area (Å²) in [4.78, 5) is 23.5. The molecule has 0 saturated carbocycles. The van der Waals surface area contributed by atoms with E-state index in [-0.39, 0.29) is 11.7 Å². The van der Waals surface area contributed by atoms with Crippen molar-refractivity contribution in [1.29, 1.82) is 0 Å². The van der Waals surface area contributed by atoms with Crippen molar-refractivity contribution in [2.45, 2.75) is 32.5 Å². The SMILES string of the molecule is C[C@H](Cn1cnc2sc3c(c2c1=O)CCNC3)Oc1cccnc1. The lowest BCUT2D eigenvalue weighted by Gasteiger charge is -2.16. The zero-order valence-electron chi connectivity index (χ0n) is 13.4. The van der Waals surface area contributed by atoms with E-state index in [2.05, 4.69) is 15.3 Å². The summed E-state index contributed by atoms with van der Waals surface area (Å²) in [5.74, 6) is 0.700. The van der Waals surface area contributed by atoms with E-state index in [1.807, 2.05) is 19.1 Å². The summed E-state index contributed by atoms with van der Waals surface area (Å²) in [7, 11) is 0. The zero-order chi connectivity index (χ0) is 16.5. The highest BCUT2D eigenvalue weighted by atomic mass is 32.1. The first-order valence-electron chi connectivity index (χ1n) is 7.99. The maximum atomic E-state index is 12.9. The van der Waals surface area contributed by atoms with Crippen LogP contribution in [0.2, 0.25) is 0 Å². The van der Waals surface area contributed by atoms with E-state index in [4.69, 9.17) is 4.74 Å². The van der Waals surface area contributed by atoms with Crippen molar-refractivity contribution in [2.75, 3.05) is 6.54 Å². The second-order valence-corrected chi connectivity index (χ2v) is 7.01. The molecular weight excluding hydrogens is 324 g/mol. The van der Waals surface area contributed by atoms with Gasteiger partial charge < -0.3 is 10.1 Å². The number of ether oxygens (including phenoxy) is 1. The van der Waals surface area contributed by atoms with Crippen LogP contribution in [0.4, 0.5) is 0 Å². The molecular formula is C17H18N4O2S. The third-order valence-corrected chi connectivity index (χ3v) is 5.26. The molecule has 1 aliphatic rings. The molecule has 7 heteroatoms. The molecule has 0 radical (unpaired) electrons. The quantitative estimate of drug-likeness (QED) is 0.785. The normalized spacial score (nSPS) is 15.2. The zero-order valence-corrected chi connectivity index (χ0v) is 14.2. The van der Waals surface area contributed by atoms with E-state index in [0.717, 1.165) is 29.7 Å². The van der Waals surface area contributed by atoms with Crippen LogP contribution in [-0.2, 0) is 19.5 Å². The van der Waals surface area contributed by atoms with Gasteiger partial charge in [-0.2, -0.15) is 0 Å². The van der Waals surface area contributed by atoms with Crippen LogP contribution < -0.4 is 15.6 Å². The van der Waals surface area contributed by atoms with Gasteiger partial charge in [0.1, 0.15) is 16.7 Å². The number of hydrogen-bond donors (Lipinski definition) is 1. The largest absolute Gasteiger partial charge is 0.487 e. The molecule has 0 spiro atoms. The van der Waals surface area contributed by atoms with Gasteiger partial charge >= 0.3 is 0 Å². The van der Waals surface area contributed by atoms with E-state index in [9.17, 15) is 4.79 Å². The fourth-order valence-electron chi connectivity index (χ4n) is 3.04. The molecule has 0 aliphatic carbocycles. The third kappa shape index (κ3) is 2.81. The monoisotopic (exact) mass is 342 g/mol. The van der Waals surface area contributed by atoms with Crippen LogP contribution in [0.15, 0.2) is 35.6 Å². The molecule has 1 N–H and O–H groups in total. The average molecular weight is 342 g/mol. The van der Waals surface area contributed by atoms with Crippen LogP contribution in [0.25, 0.3) is 10.2 Å². The van der Waals surface area contributed by atoms with Gasteiger partial charge in [0.05, 0.1) is 24.5 Å². The first-order valence-corrected chi connectivity index (χ1v) is 8.81. The average Bonchev–Trinajstić information content (AvgIpc) is 2.97. The van der Waals surface area contributed by atoms with Crippen molar-refractivity contribution in [2.24, 2.45) is 0 Å². The molecule has 3 aromatic rings. The lowest BCUT2D eigenvalue weighted by molar-refractivity contribution is 0.197. The highest BCUT2D eigenvalue weighted by Crippen LogP contribution is 2.29. The molecule has 24 heavy (non-hydrogen) atoms. The lowest BCUT2D eigenvalue weighted by Crippen LogP contribution is -2.29. The summed E-state index contributed by atoms with van der Waals surface area (Å²) in [6.45, 7) is 4.14. The van der Waals surface area contributed by atoms with Crippen molar-refractivity contribution >= 4 is 21.6 Å². The van der Waals surface area contributed by atoms with Crippen molar-refractivity contribution in [3.05, 3.63) is 51.6 Å². The van der Waals surface area contributed by atoms with Gasteiger partial charge in [-0.15, -0.1) is 11.3 Å². The van der Waals surface area contributed by atoms with Gasteiger partial charge in [-0.25, -0.2) is 4.98 Å². The Morgan fingerprint density at radius 2 is 2.42 bits per heavy atom. The Labute approximate surface area is 143 Å². The Morgan fingerprint density at radius 3 is 3.25 bits per heavy atom. The minimum atomic E-state index is -0.151. The molecule has 0 saturated heterocycles. The van der Waals surface area contributed by atoms with Crippen LogP contribution in [0.3, 0.4) is 0 Å². The van der Waals surface area contributed by atoms with Gasteiger partial charge in [-0.1, -0.05) is 0 Å². The topological polar surface area (TPSA) is 69.0 Å². The van der Waals surface area contributed by atoms with Crippen LogP contribution in [-0.4, -0.2) is 27.2 Å². The van der Waals surface area contributed by atoms with Gasteiger partial charge in [-0.3, -0.25) is 14.3 Å². The predicted octanol–water partition coefficient (Wildman–Crippen LogP) is 1.97. The maximum Gasteiger partial charge on any atom is 0.262 e. The van der Waals surface area contributed by atoms with E-state index in [0.29, 0.717) is 12.3 Å². The van der Waals surface area contributed by atoms with Crippen molar-refractivity contribution < 1.29 is 4.74 Å². The fourth-order valence-corrected chi connectivity index (χ4v) is 4.19. The summed E-state index contributed by atoms with van der Waals surface area (Å²) in [5.41, 5.74) is 1.20. The summed E-state index contributed by atoms with van der Waals surface area (Å²) < 4.78 is 7.47. The van der Waals surface area contributed by atoms with E-state index in [1.165, 1.54) is 10.4 Å². The Bertz CT molecular complexity index is 919. The van der Waals surface area contributed by atoms with E-state index in [1.54, 1.807) is 34.6 Å². The van der Waals surface area contributed by atoms with Crippen molar-refractivity contribution in [1.82, 2.24) is 19.9 Å². The second kappa shape index (κ2) is 6.33. The molecule has 6 nitrogen and oxygen atoms in total. The smallest absolute Gasteiger partial charge is 0.262 e. The summed E-state index contributed by atoms with van der Waals surface area (Å²) in [5, 5.41) is 4.13. The first-order chi connectivity index (χ1) is 11.7. The molecule has 0 amide bonds. The number of aromatic nitrogens is 3. The Morgan fingerprint density at radius 1 is 1.50 bits per heavy atom. The molecule has 4 rings (SSSR count). The second-order valence-electron chi connectivity index (χ2n) is 5.93. The highest BCUT2D eigenvalue weighted by Gasteiger charge is 2.20. The number of rotatable bonds is 4. The summed E-state index contributed by atoms with van der Waals surface area (Å²) in [6, 6.07) is 3.68. The third-order valence-electron chi connectivity index (χ3n) is 4.12. The van der Waals surface area contributed by atoms with Gasteiger partial charge in [0, 0.05) is 17.6 Å². The number of nitrogens with zero attached hydrogens (tertiary/aromatic N) is 3. The highest BCUT2D eigenvalue weighted by molar-refractivity contribution is 7.18. The molecule has 3 aromatic heterocycles. The number of fused-ring (bicyclic) bond motifs is 3. The molecule has 0 unspecified atom stereocenters. The maximum absolute atomic E-state index is 12.9. The Kier molecular flexibility index (Phi) is 4.03. The van der Waals surface area contributed by atoms with Gasteiger partial charge in [0.25, 0.3) is 5.56 Å². The minimum Gasteiger partial charge on any atom is -0.487 e. The minimum absolute atomic E-state index is 0.0287. The molecule has 0 bridgehead atoms. The molecule has 1 atom stereocenters. The van der Waals surface area contributed by atoms with Crippen LogP contribution in [0.5, 0.6) is 5.75 Å². The standard InChI is InChI=1S/C17H18N4O2S/c1-11(23-12-3-2-5-18-7-12)9-21-10-20-16-15(17(21)22)13-4-6-19-8-14(13)24-16/h2-3,5,7,10-11,19H,4,6,8-9H2,1H3/t11-/m1/s1. The predicted molar refractivity (Wildman–Crippen MR) is 93.6 cm³/mol. The number of pyridine rings is 1. The van der Waals surface area contributed by atoms with Gasteiger partial charge in [0.15, 0.2) is 0 Å². The van der Waals surface area contributed by atoms with Crippen LogP contribution in [0.1, 0.15) is 17.4 Å². The molecule has 124 valence electrons. The Balaban J connectivity index is 1.62. The van der Waals surface area contributed by atoms with Crippen molar-refractivity contribution in [3.63, 3.8) is 0 Å². The van der Waals surface area contributed by atoms with Gasteiger partial charge in [-0.05, 0) is 37.6 Å². The van der Waals surface area contributed by atoms with Crippen molar-refractivity contribution in [3.8, 4) is 5.75 Å². The van der Waals surface area contributed by atoms with Crippen LogP contribution in [0, 0.1) is 0 Å². The van der Waals surface area contributed by atoms with Crippen LogP contribution >= 0.6 is 11.3 Å². The van der Waals surface area contributed by atoms with Gasteiger partial charge in [0.2, 0.25) is 0 Å². The summed E-state index contributed by atoms with van der Waals surface area (Å²) in [6.07, 6.45) is 5.74. The number of thiophene rings is 1. The molecule has 1 aliphatic heterocycles. The Hall–Kier alpha value is -2.25. The molecule has 0 fully saturated rings. The first kappa shape index (κ1) is 15.3. The van der Waals surface area contributed by atoms with E-state index >= 15 is 0 Å². The summed E-state index contributed by atoms with van der Waals surface area (Å²) >= 11 is 1.62. The number of nitrogens with one attached hydrogen (secondary N) is 1. The number of hydrogen-bond acceptors (Lipinski definition) is 6. The molecule has 0 aromatic carbocycles. The molecule has 4 heterocycles.